The summed E-state index contributed by atoms with van der Waals surface area (Å²) < 4.78 is 38.2. The summed E-state index contributed by atoms with van der Waals surface area (Å²) in [6, 6.07) is 7.54. The summed E-state index contributed by atoms with van der Waals surface area (Å²) in [7, 11) is 0. The molecule has 1 aliphatic heterocycles. The van der Waals surface area contributed by atoms with Crippen molar-refractivity contribution in [2.75, 3.05) is 31.9 Å². The third-order valence-electron chi connectivity index (χ3n) is 4.39. The highest BCUT2D eigenvalue weighted by Crippen LogP contribution is 2.24. The zero-order valence-corrected chi connectivity index (χ0v) is 14.6. The van der Waals surface area contributed by atoms with Crippen LogP contribution in [0.2, 0.25) is 0 Å². The molecule has 0 spiro atoms. The molecule has 0 radical (unpaired) electrons. The van der Waals surface area contributed by atoms with E-state index in [9.17, 15) is 18.0 Å². The number of carbonyl (C=O) groups excluding carboxylic acids is 1. The maximum atomic E-state index is 12.7. The minimum absolute atomic E-state index is 0.143. The number of nitrogens with zero attached hydrogens (tertiary/aromatic N) is 2. The molecule has 0 saturated carbocycles. The molecule has 140 valence electrons. The summed E-state index contributed by atoms with van der Waals surface area (Å²) in [4.78, 5) is 15.7. The van der Waals surface area contributed by atoms with Crippen LogP contribution < -0.4 is 5.73 Å². The van der Waals surface area contributed by atoms with E-state index in [1.54, 1.807) is 6.92 Å². The molecule has 0 aromatic heterocycles. The Morgan fingerprint density at radius 2 is 2.16 bits per heavy atom. The molecule has 1 saturated heterocycles. The van der Waals surface area contributed by atoms with Crippen molar-refractivity contribution in [2.24, 2.45) is 5.92 Å². The fraction of sp³-hybridized carbons (Fsp3) is 0.611. The molecule has 0 bridgehead atoms. The second-order valence-corrected chi connectivity index (χ2v) is 6.69. The van der Waals surface area contributed by atoms with Gasteiger partial charge >= 0.3 is 6.18 Å². The maximum absolute atomic E-state index is 12.7. The van der Waals surface area contributed by atoms with Crippen molar-refractivity contribution in [3.05, 3.63) is 29.8 Å². The molecule has 2 N–H and O–H groups in total. The lowest BCUT2D eigenvalue weighted by Crippen LogP contribution is -2.47. The Bertz CT molecular complexity index is 577. The number of alkyl halides is 3. The van der Waals surface area contributed by atoms with Crippen molar-refractivity contribution in [1.82, 2.24) is 9.80 Å². The van der Waals surface area contributed by atoms with Crippen molar-refractivity contribution in [3.8, 4) is 0 Å². The van der Waals surface area contributed by atoms with E-state index < -0.39 is 12.7 Å². The van der Waals surface area contributed by atoms with Crippen LogP contribution in [0.1, 0.15) is 31.7 Å². The van der Waals surface area contributed by atoms with E-state index >= 15 is 0 Å². The van der Waals surface area contributed by atoms with Crippen LogP contribution in [-0.4, -0.2) is 48.1 Å². The molecule has 4 nitrogen and oxygen atoms in total. The summed E-state index contributed by atoms with van der Waals surface area (Å²) >= 11 is 0. The van der Waals surface area contributed by atoms with Crippen molar-refractivity contribution in [2.45, 2.75) is 38.9 Å². The Hall–Kier alpha value is -1.76. The molecule has 1 aromatic rings. The highest BCUT2D eigenvalue weighted by Gasteiger charge is 2.36. The van der Waals surface area contributed by atoms with Crippen molar-refractivity contribution in [3.63, 3.8) is 0 Å². The lowest BCUT2D eigenvalue weighted by Gasteiger charge is -2.35. The van der Waals surface area contributed by atoms with Crippen molar-refractivity contribution >= 4 is 11.6 Å². The molecule has 1 aliphatic rings. The standard InChI is InChI=1S/C18H26F3N3O/c1-2-8-24(13-18(19,20)21)17(25)15-6-4-9-23(12-15)11-14-5-3-7-16(22)10-14/h3,5,7,10,15H,2,4,6,8-9,11-13,22H2,1H3. The summed E-state index contributed by atoms with van der Waals surface area (Å²) in [5, 5.41) is 0. The number of hydrogen-bond donors (Lipinski definition) is 1. The predicted octanol–water partition coefficient (Wildman–Crippen LogP) is 3.28. The largest absolute Gasteiger partial charge is 0.406 e. The van der Waals surface area contributed by atoms with Gasteiger partial charge in [0.05, 0.1) is 5.92 Å². The number of piperidine rings is 1. The minimum atomic E-state index is -4.36. The van der Waals surface area contributed by atoms with E-state index in [0.717, 1.165) is 23.4 Å². The highest BCUT2D eigenvalue weighted by atomic mass is 19.4. The molecule has 7 heteroatoms. The zero-order chi connectivity index (χ0) is 18.4. The van der Waals surface area contributed by atoms with Gasteiger partial charge in [-0.25, -0.2) is 0 Å². The van der Waals surface area contributed by atoms with Gasteiger partial charge in [-0.2, -0.15) is 13.2 Å². The molecular weight excluding hydrogens is 331 g/mol. The van der Waals surface area contributed by atoms with Crippen LogP contribution in [-0.2, 0) is 11.3 Å². The van der Waals surface area contributed by atoms with Crippen LogP contribution in [0.5, 0.6) is 0 Å². The van der Waals surface area contributed by atoms with Gasteiger partial charge in [-0.3, -0.25) is 9.69 Å². The minimum Gasteiger partial charge on any atom is -0.399 e. The summed E-state index contributed by atoms with van der Waals surface area (Å²) in [6.07, 6.45) is -2.39. The third-order valence-corrected chi connectivity index (χ3v) is 4.39. The molecule has 1 atom stereocenters. The predicted molar refractivity (Wildman–Crippen MR) is 91.8 cm³/mol. The number of anilines is 1. The van der Waals surface area contributed by atoms with Gasteiger partial charge in [0.15, 0.2) is 0 Å². The van der Waals surface area contributed by atoms with E-state index in [1.165, 1.54) is 0 Å². The molecular formula is C18H26F3N3O. The summed E-state index contributed by atoms with van der Waals surface area (Å²) in [6.45, 7) is 2.75. The first-order chi connectivity index (χ1) is 11.8. The number of benzene rings is 1. The van der Waals surface area contributed by atoms with Gasteiger partial charge in [0.25, 0.3) is 0 Å². The summed E-state index contributed by atoms with van der Waals surface area (Å²) in [5.41, 5.74) is 7.52. The molecule has 0 aliphatic carbocycles. The van der Waals surface area contributed by atoms with E-state index in [0.29, 0.717) is 31.6 Å². The molecule has 1 heterocycles. The van der Waals surface area contributed by atoms with E-state index in [-0.39, 0.29) is 18.4 Å². The van der Waals surface area contributed by atoms with Crippen LogP contribution in [0, 0.1) is 5.92 Å². The fourth-order valence-corrected chi connectivity index (χ4v) is 3.36. The van der Waals surface area contributed by atoms with Crippen LogP contribution >= 0.6 is 0 Å². The first-order valence-corrected chi connectivity index (χ1v) is 8.71. The number of amides is 1. The molecule has 1 amide bonds. The fourth-order valence-electron chi connectivity index (χ4n) is 3.36. The topological polar surface area (TPSA) is 49.6 Å². The highest BCUT2D eigenvalue weighted by molar-refractivity contribution is 5.79. The van der Waals surface area contributed by atoms with Crippen molar-refractivity contribution in [1.29, 1.82) is 0 Å². The second-order valence-electron chi connectivity index (χ2n) is 6.69. The smallest absolute Gasteiger partial charge is 0.399 e. The normalized spacial score (nSPS) is 19.0. The van der Waals surface area contributed by atoms with Crippen LogP contribution in [0.15, 0.2) is 24.3 Å². The number of carbonyl (C=O) groups is 1. The lowest BCUT2D eigenvalue weighted by atomic mass is 9.95. The van der Waals surface area contributed by atoms with Gasteiger partial charge in [0.2, 0.25) is 5.91 Å². The molecule has 1 aromatic carbocycles. The Morgan fingerprint density at radius 1 is 1.40 bits per heavy atom. The zero-order valence-electron chi connectivity index (χ0n) is 14.6. The number of halogens is 3. The van der Waals surface area contributed by atoms with Gasteiger partial charge in [-0.05, 0) is 43.5 Å². The maximum Gasteiger partial charge on any atom is 0.406 e. The molecule has 25 heavy (non-hydrogen) atoms. The molecule has 1 unspecified atom stereocenters. The average molecular weight is 357 g/mol. The quantitative estimate of drug-likeness (QED) is 0.795. The van der Waals surface area contributed by atoms with Gasteiger partial charge < -0.3 is 10.6 Å². The van der Waals surface area contributed by atoms with Gasteiger partial charge in [0, 0.05) is 25.3 Å². The van der Waals surface area contributed by atoms with Gasteiger partial charge in [0.1, 0.15) is 6.54 Å². The van der Waals surface area contributed by atoms with Crippen LogP contribution in [0.4, 0.5) is 18.9 Å². The Kier molecular flexibility index (Phi) is 6.70. The Morgan fingerprint density at radius 3 is 2.80 bits per heavy atom. The molecule has 1 fully saturated rings. The number of likely N-dealkylation sites (tertiary alicyclic amines) is 1. The Balaban J connectivity index is 1.99. The first-order valence-electron chi connectivity index (χ1n) is 8.71. The Labute approximate surface area is 146 Å². The second kappa shape index (κ2) is 8.56. The SMILES string of the molecule is CCCN(CC(F)(F)F)C(=O)C1CCCN(Cc2cccc(N)c2)C1. The molecule has 2 rings (SSSR count). The van der Waals surface area contributed by atoms with Gasteiger partial charge in [-0.15, -0.1) is 0 Å². The monoisotopic (exact) mass is 357 g/mol. The summed E-state index contributed by atoms with van der Waals surface area (Å²) in [5.74, 6) is -0.750. The number of hydrogen-bond acceptors (Lipinski definition) is 3. The van der Waals surface area contributed by atoms with Gasteiger partial charge in [-0.1, -0.05) is 19.1 Å². The average Bonchev–Trinajstić information content (AvgIpc) is 2.53. The lowest BCUT2D eigenvalue weighted by molar-refractivity contribution is -0.164. The number of nitrogen functional groups attached to an aromatic ring is 1. The number of nitrogens with two attached hydrogens (primary N) is 1. The van der Waals surface area contributed by atoms with Crippen LogP contribution in [0.25, 0.3) is 0 Å². The van der Waals surface area contributed by atoms with Crippen LogP contribution in [0.3, 0.4) is 0 Å². The first kappa shape index (κ1) is 19.6. The van der Waals surface area contributed by atoms with E-state index in [4.69, 9.17) is 5.73 Å². The van der Waals surface area contributed by atoms with E-state index in [1.807, 2.05) is 24.3 Å². The number of rotatable bonds is 6. The third kappa shape index (κ3) is 6.23. The van der Waals surface area contributed by atoms with E-state index in [2.05, 4.69) is 4.90 Å². The van der Waals surface area contributed by atoms with Crippen molar-refractivity contribution < 1.29 is 18.0 Å².